The minimum Gasteiger partial charge on any atom is -0.284 e. The largest absolute Gasteiger partial charge is 0.284 e. The van der Waals surface area contributed by atoms with Crippen molar-refractivity contribution < 1.29 is 19.2 Å². The Morgan fingerprint density at radius 3 is 2.50 bits per heavy atom. The quantitative estimate of drug-likeness (QED) is 0.585. The molecule has 0 N–H and O–H groups in total. The van der Waals surface area contributed by atoms with E-state index in [0.29, 0.717) is 16.5 Å². The molecule has 0 bridgehead atoms. The fourth-order valence-corrected chi connectivity index (χ4v) is 3.16. The third-order valence-corrected chi connectivity index (χ3v) is 4.72. The first-order chi connectivity index (χ1) is 10.5. The van der Waals surface area contributed by atoms with E-state index in [0.717, 1.165) is 15.4 Å². The molecule has 1 aromatic rings. The SMILES string of the molecule is CN1C(=O)CCC(N2C(=O)c3ccc(CBr)cc3C2=O)C1=O. The van der Waals surface area contributed by atoms with Gasteiger partial charge in [0.05, 0.1) is 11.1 Å². The molecule has 4 amide bonds. The number of hydrogen-bond acceptors (Lipinski definition) is 4. The molecule has 1 fully saturated rings. The lowest BCUT2D eigenvalue weighted by atomic mass is 10.0. The average Bonchev–Trinajstić information content (AvgIpc) is 2.77. The zero-order chi connectivity index (χ0) is 16.0. The van der Waals surface area contributed by atoms with Gasteiger partial charge in [-0.3, -0.25) is 29.0 Å². The maximum absolute atomic E-state index is 12.5. The summed E-state index contributed by atoms with van der Waals surface area (Å²) >= 11 is 3.31. The Labute approximate surface area is 135 Å². The molecule has 114 valence electrons. The molecule has 22 heavy (non-hydrogen) atoms. The van der Waals surface area contributed by atoms with E-state index < -0.39 is 23.8 Å². The van der Waals surface area contributed by atoms with Gasteiger partial charge < -0.3 is 0 Å². The molecule has 1 unspecified atom stereocenters. The number of nitrogens with zero attached hydrogens (tertiary/aromatic N) is 2. The molecule has 1 atom stereocenters. The lowest BCUT2D eigenvalue weighted by Crippen LogP contribution is -2.54. The Bertz CT molecular complexity index is 715. The van der Waals surface area contributed by atoms with Crippen LogP contribution in [0.15, 0.2) is 18.2 Å². The first kappa shape index (κ1) is 14.9. The number of alkyl halides is 1. The highest BCUT2D eigenvalue weighted by molar-refractivity contribution is 9.08. The van der Waals surface area contributed by atoms with Gasteiger partial charge in [0.1, 0.15) is 6.04 Å². The van der Waals surface area contributed by atoms with Gasteiger partial charge in [-0.1, -0.05) is 22.0 Å². The zero-order valence-electron chi connectivity index (χ0n) is 11.8. The third kappa shape index (κ3) is 2.08. The third-order valence-electron chi connectivity index (χ3n) is 4.07. The number of carbonyl (C=O) groups is 4. The number of fused-ring (bicyclic) bond motifs is 1. The summed E-state index contributed by atoms with van der Waals surface area (Å²) in [4.78, 5) is 50.8. The molecule has 2 aliphatic heterocycles. The molecular weight excluding hydrogens is 352 g/mol. The number of carbonyl (C=O) groups excluding carboxylic acids is 4. The summed E-state index contributed by atoms with van der Waals surface area (Å²) in [6.45, 7) is 0. The molecule has 0 aliphatic carbocycles. The molecule has 6 nitrogen and oxygen atoms in total. The molecule has 0 saturated carbocycles. The fourth-order valence-electron chi connectivity index (χ4n) is 2.81. The molecule has 2 aliphatic rings. The lowest BCUT2D eigenvalue weighted by Gasteiger charge is -2.32. The summed E-state index contributed by atoms with van der Waals surface area (Å²) in [6, 6.07) is 4.13. The molecule has 0 aromatic heterocycles. The first-order valence-corrected chi connectivity index (χ1v) is 7.95. The van der Waals surface area contributed by atoms with E-state index in [4.69, 9.17) is 0 Å². The van der Waals surface area contributed by atoms with Gasteiger partial charge in [0.25, 0.3) is 17.7 Å². The van der Waals surface area contributed by atoms with Crippen molar-refractivity contribution in [2.24, 2.45) is 0 Å². The standard InChI is InChI=1S/C15H13BrN2O4/c1-17-12(19)5-4-11(15(17)22)18-13(20)9-3-2-8(7-16)6-10(9)14(18)21/h2-3,6,11H,4-5,7H2,1H3. The summed E-state index contributed by atoms with van der Waals surface area (Å²) < 4.78 is 0. The van der Waals surface area contributed by atoms with Crippen molar-refractivity contribution in [3.63, 3.8) is 0 Å². The van der Waals surface area contributed by atoms with Crippen LogP contribution in [0.25, 0.3) is 0 Å². The summed E-state index contributed by atoms with van der Waals surface area (Å²) in [5.41, 5.74) is 1.50. The summed E-state index contributed by atoms with van der Waals surface area (Å²) in [6.07, 6.45) is 0.325. The summed E-state index contributed by atoms with van der Waals surface area (Å²) in [7, 11) is 1.37. The van der Waals surface area contributed by atoms with Gasteiger partial charge in [-0.15, -0.1) is 0 Å². The topological polar surface area (TPSA) is 74.8 Å². The predicted octanol–water partition coefficient (Wildman–Crippen LogP) is 1.32. The van der Waals surface area contributed by atoms with Crippen LogP contribution in [0.4, 0.5) is 0 Å². The minimum atomic E-state index is -0.900. The number of rotatable bonds is 2. The lowest BCUT2D eigenvalue weighted by molar-refractivity contribution is -0.149. The number of halogens is 1. The second kappa shape index (κ2) is 5.31. The number of likely N-dealkylation sites (tertiary alicyclic amines) is 1. The molecule has 0 spiro atoms. The Balaban J connectivity index is 1.97. The van der Waals surface area contributed by atoms with Crippen molar-refractivity contribution in [2.75, 3.05) is 7.05 Å². The molecule has 3 rings (SSSR count). The van der Waals surface area contributed by atoms with E-state index in [1.54, 1.807) is 18.2 Å². The number of piperidine rings is 1. The van der Waals surface area contributed by atoms with Crippen LogP contribution in [0.2, 0.25) is 0 Å². The zero-order valence-corrected chi connectivity index (χ0v) is 13.4. The molecular formula is C15H13BrN2O4. The first-order valence-electron chi connectivity index (χ1n) is 6.83. The second-order valence-corrected chi connectivity index (χ2v) is 5.90. The molecule has 1 aromatic carbocycles. The van der Waals surface area contributed by atoms with Crippen LogP contribution in [0.1, 0.15) is 39.1 Å². The minimum absolute atomic E-state index is 0.146. The molecule has 2 heterocycles. The van der Waals surface area contributed by atoms with Crippen molar-refractivity contribution in [3.05, 3.63) is 34.9 Å². The van der Waals surface area contributed by atoms with E-state index in [1.165, 1.54) is 7.05 Å². The Morgan fingerprint density at radius 1 is 1.14 bits per heavy atom. The Hall–Kier alpha value is -2.02. The van der Waals surface area contributed by atoms with Gasteiger partial charge in [0.15, 0.2) is 0 Å². The number of imide groups is 2. The van der Waals surface area contributed by atoms with Crippen LogP contribution in [-0.4, -0.2) is 46.5 Å². The van der Waals surface area contributed by atoms with E-state index in [9.17, 15) is 19.2 Å². The smallest absolute Gasteiger partial charge is 0.262 e. The highest BCUT2D eigenvalue weighted by Gasteiger charge is 2.46. The Kier molecular flexibility index (Phi) is 3.60. The second-order valence-electron chi connectivity index (χ2n) is 5.34. The van der Waals surface area contributed by atoms with Crippen molar-refractivity contribution in [1.29, 1.82) is 0 Å². The predicted molar refractivity (Wildman–Crippen MR) is 80.4 cm³/mol. The van der Waals surface area contributed by atoms with Crippen LogP contribution in [-0.2, 0) is 14.9 Å². The Morgan fingerprint density at radius 2 is 1.82 bits per heavy atom. The number of amides is 4. The van der Waals surface area contributed by atoms with Gasteiger partial charge in [-0.05, 0) is 24.1 Å². The van der Waals surface area contributed by atoms with Crippen molar-refractivity contribution in [1.82, 2.24) is 9.80 Å². The van der Waals surface area contributed by atoms with E-state index in [-0.39, 0.29) is 18.7 Å². The van der Waals surface area contributed by atoms with Gasteiger partial charge in [-0.2, -0.15) is 0 Å². The number of hydrogen-bond donors (Lipinski definition) is 0. The van der Waals surface area contributed by atoms with Crippen molar-refractivity contribution in [3.8, 4) is 0 Å². The average molecular weight is 365 g/mol. The van der Waals surface area contributed by atoms with E-state index in [2.05, 4.69) is 15.9 Å². The number of likely N-dealkylation sites (N-methyl/N-ethyl adjacent to an activating group) is 1. The van der Waals surface area contributed by atoms with Gasteiger partial charge in [0, 0.05) is 18.8 Å². The number of benzene rings is 1. The summed E-state index contributed by atoms with van der Waals surface area (Å²) in [5.74, 6) is -1.74. The van der Waals surface area contributed by atoms with Crippen LogP contribution >= 0.6 is 15.9 Å². The maximum Gasteiger partial charge on any atom is 0.262 e. The highest BCUT2D eigenvalue weighted by atomic mass is 79.9. The summed E-state index contributed by atoms with van der Waals surface area (Å²) in [5, 5.41) is 0.571. The van der Waals surface area contributed by atoms with Crippen LogP contribution in [0, 0.1) is 0 Å². The molecule has 7 heteroatoms. The van der Waals surface area contributed by atoms with Crippen molar-refractivity contribution >= 4 is 39.6 Å². The highest BCUT2D eigenvalue weighted by Crippen LogP contribution is 2.29. The maximum atomic E-state index is 12.5. The van der Waals surface area contributed by atoms with Crippen LogP contribution in [0.3, 0.4) is 0 Å². The molecule has 1 saturated heterocycles. The normalized spacial score (nSPS) is 21.6. The van der Waals surface area contributed by atoms with Crippen LogP contribution < -0.4 is 0 Å². The fraction of sp³-hybridized carbons (Fsp3) is 0.333. The van der Waals surface area contributed by atoms with E-state index in [1.807, 2.05) is 0 Å². The van der Waals surface area contributed by atoms with Gasteiger partial charge >= 0.3 is 0 Å². The van der Waals surface area contributed by atoms with Crippen molar-refractivity contribution in [2.45, 2.75) is 24.2 Å². The van der Waals surface area contributed by atoms with E-state index >= 15 is 0 Å². The molecule has 0 radical (unpaired) electrons. The van der Waals surface area contributed by atoms with Gasteiger partial charge in [-0.25, -0.2) is 0 Å². The van der Waals surface area contributed by atoms with Gasteiger partial charge in [0.2, 0.25) is 5.91 Å². The monoisotopic (exact) mass is 364 g/mol. The van der Waals surface area contributed by atoms with Crippen LogP contribution in [0.5, 0.6) is 0 Å².